The minimum absolute atomic E-state index is 0.0939. The van der Waals surface area contributed by atoms with E-state index in [2.05, 4.69) is 20.8 Å². The minimum Gasteiger partial charge on any atom is -0.469 e. The van der Waals surface area contributed by atoms with E-state index >= 15 is 0 Å². The molecule has 0 aliphatic carbocycles. The lowest BCUT2D eigenvalue weighted by atomic mass is 9.86. The SMILES string of the molecule is CC(C)(C)C1=COC(O)C=C1. The first-order valence-corrected chi connectivity index (χ1v) is 3.72. The lowest BCUT2D eigenvalue weighted by Gasteiger charge is -2.23. The highest BCUT2D eigenvalue weighted by atomic mass is 16.6. The van der Waals surface area contributed by atoms with Crippen molar-refractivity contribution < 1.29 is 9.84 Å². The average molecular weight is 154 g/mol. The standard InChI is InChI=1S/C9H14O2/c1-9(2,3)7-4-5-8(10)11-6-7/h4-6,8,10H,1-3H3. The number of aliphatic hydroxyl groups is 1. The predicted molar refractivity (Wildman–Crippen MR) is 43.8 cm³/mol. The summed E-state index contributed by atoms with van der Waals surface area (Å²) in [7, 11) is 0. The maximum atomic E-state index is 8.94. The summed E-state index contributed by atoms with van der Waals surface area (Å²) in [4.78, 5) is 0. The highest BCUT2D eigenvalue weighted by Gasteiger charge is 2.17. The molecule has 1 rings (SSSR count). The Hall–Kier alpha value is -0.760. The molecule has 1 unspecified atom stereocenters. The number of aliphatic hydroxyl groups excluding tert-OH is 1. The van der Waals surface area contributed by atoms with Gasteiger partial charge in [0.25, 0.3) is 0 Å². The lowest BCUT2D eigenvalue weighted by molar-refractivity contribution is -0.0157. The smallest absolute Gasteiger partial charge is 0.216 e. The van der Waals surface area contributed by atoms with Crippen LogP contribution in [0.15, 0.2) is 24.0 Å². The Morgan fingerprint density at radius 2 is 2.09 bits per heavy atom. The quantitative estimate of drug-likeness (QED) is 0.576. The summed E-state index contributed by atoms with van der Waals surface area (Å²) in [6.45, 7) is 6.30. The third-order valence-electron chi connectivity index (χ3n) is 1.64. The van der Waals surface area contributed by atoms with Crippen LogP contribution in [0.2, 0.25) is 0 Å². The Kier molecular flexibility index (Phi) is 2.05. The molecule has 0 radical (unpaired) electrons. The zero-order chi connectivity index (χ0) is 8.48. The van der Waals surface area contributed by atoms with Crippen LogP contribution in [0.1, 0.15) is 20.8 Å². The van der Waals surface area contributed by atoms with Gasteiger partial charge in [0.2, 0.25) is 6.29 Å². The van der Waals surface area contributed by atoms with E-state index in [9.17, 15) is 0 Å². The van der Waals surface area contributed by atoms with Gasteiger partial charge in [0.1, 0.15) is 0 Å². The summed E-state index contributed by atoms with van der Waals surface area (Å²) in [5, 5.41) is 8.94. The van der Waals surface area contributed by atoms with E-state index in [1.54, 1.807) is 12.3 Å². The van der Waals surface area contributed by atoms with Crippen molar-refractivity contribution in [1.82, 2.24) is 0 Å². The molecular weight excluding hydrogens is 140 g/mol. The summed E-state index contributed by atoms with van der Waals surface area (Å²) < 4.78 is 4.92. The van der Waals surface area contributed by atoms with Crippen LogP contribution in [-0.4, -0.2) is 11.4 Å². The van der Waals surface area contributed by atoms with Crippen molar-refractivity contribution in [3.63, 3.8) is 0 Å². The van der Waals surface area contributed by atoms with E-state index in [1.165, 1.54) is 0 Å². The molecule has 1 heterocycles. The third kappa shape index (κ3) is 2.09. The first kappa shape index (κ1) is 8.34. The van der Waals surface area contributed by atoms with Crippen molar-refractivity contribution in [2.24, 2.45) is 5.41 Å². The summed E-state index contributed by atoms with van der Waals surface area (Å²) in [5.74, 6) is 0. The van der Waals surface area contributed by atoms with E-state index < -0.39 is 6.29 Å². The van der Waals surface area contributed by atoms with Gasteiger partial charge in [0.15, 0.2) is 0 Å². The van der Waals surface area contributed by atoms with Gasteiger partial charge in [-0.05, 0) is 17.1 Å². The number of hydrogen-bond donors (Lipinski definition) is 1. The molecule has 0 fully saturated rings. The highest BCUT2D eigenvalue weighted by Crippen LogP contribution is 2.28. The van der Waals surface area contributed by atoms with Crippen LogP contribution in [0.3, 0.4) is 0 Å². The third-order valence-corrected chi connectivity index (χ3v) is 1.64. The summed E-state index contributed by atoms with van der Waals surface area (Å²) in [6.07, 6.45) is 4.39. The van der Waals surface area contributed by atoms with Gasteiger partial charge in [-0.15, -0.1) is 0 Å². The van der Waals surface area contributed by atoms with Gasteiger partial charge < -0.3 is 9.84 Å². The fourth-order valence-corrected chi connectivity index (χ4v) is 0.840. The van der Waals surface area contributed by atoms with Gasteiger partial charge in [-0.3, -0.25) is 0 Å². The van der Waals surface area contributed by atoms with Crippen LogP contribution in [0, 0.1) is 5.41 Å². The zero-order valence-electron chi connectivity index (χ0n) is 7.16. The van der Waals surface area contributed by atoms with Crippen molar-refractivity contribution in [3.05, 3.63) is 24.0 Å². The second-order valence-electron chi connectivity index (χ2n) is 3.71. The second-order valence-corrected chi connectivity index (χ2v) is 3.71. The molecule has 0 aromatic rings. The van der Waals surface area contributed by atoms with Crippen LogP contribution in [-0.2, 0) is 4.74 Å². The molecule has 0 aromatic heterocycles. The minimum atomic E-state index is -0.763. The van der Waals surface area contributed by atoms with Crippen molar-refractivity contribution >= 4 is 0 Å². The molecule has 0 spiro atoms. The number of rotatable bonds is 0. The molecule has 11 heavy (non-hydrogen) atoms. The first-order chi connectivity index (χ1) is 5.00. The van der Waals surface area contributed by atoms with E-state index in [4.69, 9.17) is 9.84 Å². The molecule has 2 nitrogen and oxygen atoms in total. The molecule has 1 N–H and O–H groups in total. The second kappa shape index (κ2) is 2.70. The molecule has 2 heteroatoms. The Labute approximate surface area is 67.2 Å². The van der Waals surface area contributed by atoms with E-state index in [1.807, 2.05) is 6.08 Å². The molecule has 0 bridgehead atoms. The molecule has 1 aliphatic rings. The predicted octanol–water partition coefficient (Wildman–Crippen LogP) is 1.82. The van der Waals surface area contributed by atoms with Crippen LogP contribution >= 0.6 is 0 Å². The number of allylic oxidation sites excluding steroid dienone is 2. The summed E-state index contributed by atoms with van der Waals surface area (Å²) >= 11 is 0. The van der Waals surface area contributed by atoms with Gasteiger partial charge in [-0.2, -0.15) is 0 Å². The molecule has 0 amide bonds. The maximum Gasteiger partial charge on any atom is 0.216 e. The van der Waals surface area contributed by atoms with Crippen molar-refractivity contribution in [2.45, 2.75) is 27.1 Å². The molecular formula is C9H14O2. The van der Waals surface area contributed by atoms with E-state index in [-0.39, 0.29) is 5.41 Å². The Morgan fingerprint density at radius 3 is 2.45 bits per heavy atom. The highest BCUT2D eigenvalue weighted by molar-refractivity contribution is 5.25. The van der Waals surface area contributed by atoms with E-state index in [0.29, 0.717) is 0 Å². The van der Waals surface area contributed by atoms with Crippen LogP contribution in [0.5, 0.6) is 0 Å². The van der Waals surface area contributed by atoms with Gasteiger partial charge in [0, 0.05) is 0 Å². The van der Waals surface area contributed by atoms with Crippen molar-refractivity contribution in [1.29, 1.82) is 0 Å². The van der Waals surface area contributed by atoms with Gasteiger partial charge in [-0.1, -0.05) is 26.8 Å². The van der Waals surface area contributed by atoms with Crippen LogP contribution in [0.4, 0.5) is 0 Å². The molecule has 1 atom stereocenters. The van der Waals surface area contributed by atoms with Crippen molar-refractivity contribution in [3.8, 4) is 0 Å². The average Bonchev–Trinajstić information content (AvgIpc) is 1.86. The van der Waals surface area contributed by atoms with Crippen LogP contribution in [0.25, 0.3) is 0 Å². The van der Waals surface area contributed by atoms with Crippen LogP contribution < -0.4 is 0 Å². The van der Waals surface area contributed by atoms with Gasteiger partial charge in [-0.25, -0.2) is 0 Å². The topological polar surface area (TPSA) is 29.5 Å². The van der Waals surface area contributed by atoms with Gasteiger partial charge >= 0.3 is 0 Å². The lowest BCUT2D eigenvalue weighted by Crippen LogP contribution is -2.15. The fourth-order valence-electron chi connectivity index (χ4n) is 0.840. The molecule has 62 valence electrons. The number of ether oxygens (including phenoxy) is 1. The molecule has 0 saturated heterocycles. The molecule has 0 aromatic carbocycles. The van der Waals surface area contributed by atoms with Gasteiger partial charge in [0.05, 0.1) is 6.26 Å². The largest absolute Gasteiger partial charge is 0.469 e. The summed E-state index contributed by atoms with van der Waals surface area (Å²) in [6, 6.07) is 0. The first-order valence-electron chi connectivity index (χ1n) is 3.72. The molecule has 1 aliphatic heterocycles. The maximum absolute atomic E-state index is 8.94. The normalized spacial score (nSPS) is 24.4. The Balaban J connectivity index is 2.71. The molecule has 0 saturated carbocycles. The monoisotopic (exact) mass is 154 g/mol. The Morgan fingerprint density at radius 1 is 1.45 bits per heavy atom. The number of hydrogen-bond acceptors (Lipinski definition) is 2. The Bertz CT molecular complexity index is 196. The van der Waals surface area contributed by atoms with Crippen molar-refractivity contribution in [2.75, 3.05) is 0 Å². The summed E-state index contributed by atoms with van der Waals surface area (Å²) in [5.41, 5.74) is 1.19. The fraction of sp³-hybridized carbons (Fsp3) is 0.556. The van der Waals surface area contributed by atoms with E-state index in [0.717, 1.165) is 5.57 Å². The zero-order valence-corrected chi connectivity index (χ0v) is 7.16.